The van der Waals surface area contributed by atoms with E-state index in [1.54, 1.807) is 6.07 Å². The maximum absolute atomic E-state index is 12.8. The number of alkyl halides is 3. The summed E-state index contributed by atoms with van der Waals surface area (Å²) in [6, 6.07) is 7.03. The predicted molar refractivity (Wildman–Crippen MR) is 71.5 cm³/mol. The van der Waals surface area contributed by atoms with Crippen molar-refractivity contribution < 1.29 is 13.2 Å². The zero-order chi connectivity index (χ0) is 14.9. The highest BCUT2D eigenvalue weighted by atomic mass is 19.4. The molecule has 0 aliphatic rings. The molecule has 0 amide bonds. The first-order chi connectivity index (χ1) is 9.31. The Bertz CT molecular complexity index is 636. The molecular weight excluding hydrogens is 267 g/mol. The van der Waals surface area contributed by atoms with Gasteiger partial charge in [-0.15, -0.1) is 0 Å². The normalized spacial score (nSPS) is 11.5. The first kappa shape index (κ1) is 14.3. The summed E-state index contributed by atoms with van der Waals surface area (Å²) in [5.74, 6) is -0.998. The van der Waals surface area contributed by atoms with E-state index in [1.807, 2.05) is 26.0 Å². The highest BCUT2D eigenvalue weighted by molar-refractivity contribution is 5.66. The number of benzene rings is 1. The third kappa shape index (κ3) is 2.89. The number of hydrogen-bond donors (Lipinski definition) is 1. The number of halogens is 3. The van der Waals surface area contributed by atoms with Crippen molar-refractivity contribution in [1.29, 1.82) is 0 Å². The summed E-state index contributed by atoms with van der Waals surface area (Å²) in [6.07, 6.45) is -4.57. The molecule has 2 rings (SSSR count). The third-order valence-electron chi connectivity index (χ3n) is 2.89. The smallest absolute Gasteiger partial charge is 0.373 e. The molecule has 1 heterocycles. The monoisotopic (exact) mass is 281 g/mol. The molecule has 0 saturated carbocycles. The molecule has 0 aliphatic heterocycles. The minimum absolute atomic E-state index is 0.141. The van der Waals surface area contributed by atoms with E-state index in [0.717, 1.165) is 11.1 Å². The van der Waals surface area contributed by atoms with Gasteiger partial charge < -0.3 is 5.32 Å². The predicted octanol–water partition coefficient (Wildman–Crippen LogP) is 3.82. The van der Waals surface area contributed by atoms with Gasteiger partial charge in [0.25, 0.3) is 0 Å². The Kier molecular flexibility index (Phi) is 3.65. The van der Waals surface area contributed by atoms with Crippen LogP contribution in [0.5, 0.6) is 0 Å². The third-order valence-corrected chi connectivity index (χ3v) is 2.89. The van der Waals surface area contributed by atoms with Crippen molar-refractivity contribution in [1.82, 2.24) is 9.97 Å². The Morgan fingerprint density at radius 2 is 1.75 bits per heavy atom. The summed E-state index contributed by atoms with van der Waals surface area (Å²) < 4.78 is 38.4. The van der Waals surface area contributed by atoms with Crippen LogP contribution < -0.4 is 5.32 Å². The fraction of sp³-hybridized carbons (Fsp3) is 0.286. The Morgan fingerprint density at radius 1 is 1.05 bits per heavy atom. The molecule has 0 bridgehead atoms. The van der Waals surface area contributed by atoms with Crippen LogP contribution in [0.3, 0.4) is 0 Å². The number of aryl methyl sites for hydroxylation is 2. The van der Waals surface area contributed by atoms with Crippen molar-refractivity contribution in [3.8, 4) is 11.3 Å². The van der Waals surface area contributed by atoms with Gasteiger partial charge in [-0.2, -0.15) is 13.2 Å². The van der Waals surface area contributed by atoms with E-state index in [-0.39, 0.29) is 11.5 Å². The molecule has 0 spiro atoms. The molecule has 20 heavy (non-hydrogen) atoms. The molecule has 0 fully saturated rings. The topological polar surface area (TPSA) is 37.8 Å². The number of rotatable bonds is 2. The summed E-state index contributed by atoms with van der Waals surface area (Å²) in [4.78, 5) is 7.09. The van der Waals surface area contributed by atoms with Crippen LogP contribution in [0.4, 0.5) is 19.0 Å². The van der Waals surface area contributed by atoms with E-state index in [4.69, 9.17) is 0 Å². The van der Waals surface area contributed by atoms with E-state index < -0.39 is 12.0 Å². The van der Waals surface area contributed by atoms with Crippen molar-refractivity contribution in [2.75, 3.05) is 12.4 Å². The lowest BCUT2D eigenvalue weighted by atomic mass is 10.0. The zero-order valence-corrected chi connectivity index (χ0v) is 11.3. The minimum Gasteiger partial charge on any atom is -0.373 e. The summed E-state index contributed by atoms with van der Waals surface area (Å²) in [6.45, 7) is 3.77. The first-order valence-corrected chi connectivity index (χ1v) is 6.03. The molecule has 0 saturated heterocycles. The van der Waals surface area contributed by atoms with Crippen molar-refractivity contribution in [3.63, 3.8) is 0 Å². The molecule has 0 atom stereocenters. The van der Waals surface area contributed by atoms with Gasteiger partial charge in [0.05, 0.1) is 5.69 Å². The van der Waals surface area contributed by atoms with Gasteiger partial charge in [0.2, 0.25) is 5.82 Å². The number of nitrogens with zero attached hydrogens (tertiary/aromatic N) is 2. The SMILES string of the molecule is CNc1cc(-c2ccc(C)cc2C)nc(C(F)(F)F)n1. The van der Waals surface area contributed by atoms with Gasteiger partial charge in [0.15, 0.2) is 0 Å². The van der Waals surface area contributed by atoms with Gasteiger partial charge in [0, 0.05) is 18.7 Å². The van der Waals surface area contributed by atoms with Gasteiger partial charge in [-0.3, -0.25) is 0 Å². The lowest BCUT2D eigenvalue weighted by molar-refractivity contribution is -0.144. The molecule has 1 aromatic heterocycles. The fourth-order valence-corrected chi connectivity index (χ4v) is 1.94. The molecule has 0 aliphatic carbocycles. The summed E-state index contributed by atoms with van der Waals surface area (Å²) in [7, 11) is 1.52. The van der Waals surface area contributed by atoms with Crippen LogP contribution in [0.25, 0.3) is 11.3 Å². The molecule has 6 heteroatoms. The van der Waals surface area contributed by atoms with Gasteiger partial charge in [0.1, 0.15) is 5.82 Å². The second kappa shape index (κ2) is 5.11. The second-order valence-electron chi connectivity index (χ2n) is 4.53. The van der Waals surface area contributed by atoms with Crippen LogP contribution in [-0.2, 0) is 6.18 Å². The fourth-order valence-electron chi connectivity index (χ4n) is 1.94. The van der Waals surface area contributed by atoms with Crippen LogP contribution in [0.2, 0.25) is 0 Å². The highest BCUT2D eigenvalue weighted by Crippen LogP contribution is 2.31. The molecule has 0 unspecified atom stereocenters. The zero-order valence-electron chi connectivity index (χ0n) is 11.3. The second-order valence-corrected chi connectivity index (χ2v) is 4.53. The maximum atomic E-state index is 12.8. The number of hydrogen-bond acceptors (Lipinski definition) is 3. The standard InChI is InChI=1S/C14H14F3N3/c1-8-4-5-10(9(2)6-8)11-7-12(18-3)20-13(19-11)14(15,16)17/h4-7H,1-3H3,(H,18,19,20). The number of nitrogens with one attached hydrogen (secondary N) is 1. The van der Waals surface area contributed by atoms with Gasteiger partial charge >= 0.3 is 6.18 Å². The summed E-state index contributed by atoms with van der Waals surface area (Å²) in [5.41, 5.74) is 2.85. The van der Waals surface area contributed by atoms with Crippen LogP contribution in [0.15, 0.2) is 24.3 Å². The quantitative estimate of drug-likeness (QED) is 0.909. The molecule has 1 N–H and O–H groups in total. The van der Waals surface area contributed by atoms with E-state index in [2.05, 4.69) is 15.3 Å². The molecule has 106 valence electrons. The van der Waals surface area contributed by atoms with Gasteiger partial charge in [-0.25, -0.2) is 9.97 Å². The van der Waals surface area contributed by atoms with Gasteiger partial charge in [-0.05, 0) is 19.4 Å². The average molecular weight is 281 g/mol. The lowest BCUT2D eigenvalue weighted by Crippen LogP contribution is -2.13. The van der Waals surface area contributed by atoms with E-state index >= 15 is 0 Å². The summed E-state index contributed by atoms with van der Waals surface area (Å²) >= 11 is 0. The Morgan fingerprint density at radius 3 is 2.30 bits per heavy atom. The van der Waals surface area contributed by atoms with E-state index in [1.165, 1.54) is 13.1 Å². The molecular formula is C14H14F3N3. The average Bonchev–Trinajstić information content (AvgIpc) is 2.37. The summed E-state index contributed by atoms with van der Waals surface area (Å²) in [5, 5.41) is 2.63. The van der Waals surface area contributed by atoms with Crippen molar-refractivity contribution in [3.05, 3.63) is 41.2 Å². The van der Waals surface area contributed by atoms with Gasteiger partial charge in [-0.1, -0.05) is 23.8 Å². The Balaban J connectivity index is 2.61. The van der Waals surface area contributed by atoms with Crippen LogP contribution in [-0.4, -0.2) is 17.0 Å². The number of aromatic nitrogens is 2. The molecule has 1 aromatic carbocycles. The first-order valence-electron chi connectivity index (χ1n) is 6.03. The lowest BCUT2D eigenvalue weighted by Gasteiger charge is -2.12. The number of anilines is 1. The van der Waals surface area contributed by atoms with E-state index in [0.29, 0.717) is 5.56 Å². The maximum Gasteiger partial charge on any atom is 0.451 e. The van der Waals surface area contributed by atoms with Crippen LogP contribution >= 0.6 is 0 Å². The van der Waals surface area contributed by atoms with Crippen LogP contribution in [0, 0.1) is 13.8 Å². The largest absolute Gasteiger partial charge is 0.451 e. The molecule has 3 nitrogen and oxygen atoms in total. The Hall–Kier alpha value is -2.11. The minimum atomic E-state index is -4.57. The Labute approximate surface area is 114 Å². The van der Waals surface area contributed by atoms with Crippen LogP contribution in [0.1, 0.15) is 17.0 Å². The van der Waals surface area contributed by atoms with Crippen molar-refractivity contribution in [2.45, 2.75) is 20.0 Å². The van der Waals surface area contributed by atoms with Crippen molar-refractivity contribution >= 4 is 5.82 Å². The van der Waals surface area contributed by atoms with Crippen molar-refractivity contribution in [2.24, 2.45) is 0 Å². The highest BCUT2D eigenvalue weighted by Gasteiger charge is 2.35. The van der Waals surface area contributed by atoms with E-state index in [9.17, 15) is 13.2 Å². The molecule has 2 aromatic rings. The molecule has 0 radical (unpaired) electrons.